The largest absolute Gasteiger partial charge is 0.348 e. The number of hydrogen-bond donors (Lipinski definition) is 1. The maximum absolute atomic E-state index is 4.83. The Bertz CT molecular complexity index is 390. The molecule has 1 fully saturated rings. The van der Waals surface area contributed by atoms with Crippen molar-refractivity contribution >= 4 is 16.5 Å². The molecule has 0 aromatic carbocycles. The molecule has 3 nitrogen and oxygen atoms in total. The fourth-order valence-electron chi connectivity index (χ4n) is 2.52. The Morgan fingerprint density at radius 3 is 2.95 bits per heavy atom. The molecule has 19 heavy (non-hydrogen) atoms. The van der Waals surface area contributed by atoms with Crippen LogP contribution in [0.25, 0.3) is 0 Å². The molecule has 1 aromatic rings. The van der Waals surface area contributed by atoms with Crippen molar-refractivity contribution in [2.45, 2.75) is 46.6 Å². The zero-order chi connectivity index (χ0) is 13.8. The number of aromatic nitrogens is 1. The predicted molar refractivity (Wildman–Crippen MR) is 84.0 cm³/mol. The summed E-state index contributed by atoms with van der Waals surface area (Å²) in [6.07, 6.45) is 2.46. The number of rotatable bonds is 5. The normalized spacial score (nSPS) is 25.6. The van der Waals surface area contributed by atoms with Crippen LogP contribution >= 0.6 is 11.3 Å². The zero-order valence-corrected chi connectivity index (χ0v) is 13.5. The Kier molecular flexibility index (Phi) is 5.22. The fourth-order valence-corrected chi connectivity index (χ4v) is 3.48. The van der Waals surface area contributed by atoms with E-state index >= 15 is 0 Å². The van der Waals surface area contributed by atoms with Gasteiger partial charge in [0.25, 0.3) is 0 Å². The van der Waals surface area contributed by atoms with Gasteiger partial charge in [0.1, 0.15) is 0 Å². The third kappa shape index (κ3) is 3.69. The van der Waals surface area contributed by atoms with Crippen LogP contribution in [0.5, 0.6) is 0 Å². The maximum Gasteiger partial charge on any atom is 0.185 e. The number of piperidine rings is 1. The molecule has 2 rings (SSSR count). The van der Waals surface area contributed by atoms with Crippen molar-refractivity contribution in [3.63, 3.8) is 0 Å². The summed E-state index contributed by atoms with van der Waals surface area (Å²) < 4.78 is 0. The molecule has 0 aliphatic carbocycles. The summed E-state index contributed by atoms with van der Waals surface area (Å²) in [6.45, 7) is 12.5. The molecule has 2 heterocycles. The second kappa shape index (κ2) is 6.71. The average molecular weight is 281 g/mol. The fraction of sp³-hybridized carbons (Fsp3) is 0.800. The minimum atomic E-state index is 0.367. The van der Waals surface area contributed by atoms with Crippen LogP contribution in [-0.4, -0.2) is 24.6 Å². The highest BCUT2D eigenvalue weighted by atomic mass is 32.1. The van der Waals surface area contributed by atoms with Gasteiger partial charge in [-0.05, 0) is 38.1 Å². The molecule has 1 aliphatic heterocycles. The molecule has 0 radical (unpaired) electrons. The quantitative estimate of drug-likeness (QED) is 0.892. The van der Waals surface area contributed by atoms with Gasteiger partial charge in [-0.2, -0.15) is 0 Å². The van der Waals surface area contributed by atoms with E-state index in [0.717, 1.165) is 31.5 Å². The number of nitrogens with one attached hydrogen (secondary N) is 1. The van der Waals surface area contributed by atoms with E-state index in [1.165, 1.54) is 23.7 Å². The van der Waals surface area contributed by atoms with E-state index < -0.39 is 0 Å². The number of anilines is 1. The predicted octanol–water partition coefficient (Wildman–Crippen LogP) is 3.69. The van der Waals surface area contributed by atoms with Crippen LogP contribution in [0.2, 0.25) is 0 Å². The molecule has 1 aromatic heterocycles. The smallest absolute Gasteiger partial charge is 0.185 e. The van der Waals surface area contributed by atoms with Gasteiger partial charge in [-0.15, -0.1) is 11.3 Å². The lowest BCUT2D eigenvalue weighted by atomic mass is 9.89. The van der Waals surface area contributed by atoms with Gasteiger partial charge in [-0.25, -0.2) is 4.98 Å². The minimum Gasteiger partial charge on any atom is -0.348 e. The van der Waals surface area contributed by atoms with Crippen LogP contribution in [0.4, 0.5) is 5.13 Å². The van der Waals surface area contributed by atoms with E-state index in [-0.39, 0.29) is 0 Å². The molecule has 3 unspecified atom stereocenters. The van der Waals surface area contributed by atoms with Crippen molar-refractivity contribution in [1.29, 1.82) is 0 Å². The highest BCUT2D eigenvalue weighted by Crippen LogP contribution is 2.30. The second-order valence-corrected chi connectivity index (χ2v) is 6.76. The highest BCUT2D eigenvalue weighted by Gasteiger charge is 2.24. The van der Waals surface area contributed by atoms with E-state index in [0.29, 0.717) is 6.04 Å². The number of thiazole rings is 1. The molecule has 1 aliphatic rings. The van der Waals surface area contributed by atoms with Gasteiger partial charge in [0.05, 0.1) is 5.69 Å². The maximum atomic E-state index is 4.83. The van der Waals surface area contributed by atoms with E-state index in [1.807, 2.05) is 0 Å². The lowest BCUT2D eigenvalue weighted by Crippen LogP contribution is -2.38. The second-order valence-electron chi connectivity index (χ2n) is 5.92. The summed E-state index contributed by atoms with van der Waals surface area (Å²) in [6, 6.07) is 0.367. The van der Waals surface area contributed by atoms with Crippen LogP contribution < -0.4 is 10.2 Å². The van der Waals surface area contributed by atoms with Crippen molar-refractivity contribution in [2.75, 3.05) is 24.5 Å². The standard InChI is InChI=1S/C15H27N3S/c1-5-7-16-13(4)14-10-19-15(17-14)18-8-6-11(2)12(3)9-18/h10-13,16H,5-9H2,1-4H3. The van der Waals surface area contributed by atoms with E-state index in [1.54, 1.807) is 11.3 Å². The average Bonchev–Trinajstić information content (AvgIpc) is 2.89. The first-order valence-corrected chi connectivity index (χ1v) is 8.43. The first kappa shape index (κ1) is 14.8. The van der Waals surface area contributed by atoms with Crippen LogP contribution in [0.1, 0.15) is 52.3 Å². The molecule has 1 saturated heterocycles. The third-order valence-corrected chi connectivity index (χ3v) is 5.18. The molecule has 0 bridgehead atoms. The van der Waals surface area contributed by atoms with Crippen molar-refractivity contribution in [1.82, 2.24) is 10.3 Å². The topological polar surface area (TPSA) is 28.2 Å². The van der Waals surface area contributed by atoms with Crippen LogP contribution in [-0.2, 0) is 0 Å². The van der Waals surface area contributed by atoms with Crippen molar-refractivity contribution in [3.05, 3.63) is 11.1 Å². The van der Waals surface area contributed by atoms with Crippen molar-refractivity contribution in [3.8, 4) is 0 Å². The summed E-state index contributed by atoms with van der Waals surface area (Å²) in [7, 11) is 0. The lowest BCUT2D eigenvalue weighted by molar-refractivity contribution is 0.323. The minimum absolute atomic E-state index is 0.367. The Morgan fingerprint density at radius 2 is 2.26 bits per heavy atom. The molecule has 4 heteroatoms. The first-order valence-electron chi connectivity index (χ1n) is 7.55. The van der Waals surface area contributed by atoms with Crippen LogP contribution in [0.3, 0.4) is 0 Å². The summed E-state index contributed by atoms with van der Waals surface area (Å²) >= 11 is 1.80. The summed E-state index contributed by atoms with van der Waals surface area (Å²) in [5.41, 5.74) is 1.19. The van der Waals surface area contributed by atoms with Gasteiger partial charge in [0.15, 0.2) is 5.13 Å². The van der Waals surface area contributed by atoms with E-state index in [2.05, 4.69) is 43.3 Å². The lowest BCUT2D eigenvalue weighted by Gasteiger charge is -2.35. The monoisotopic (exact) mass is 281 g/mol. The number of hydrogen-bond acceptors (Lipinski definition) is 4. The van der Waals surface area contributed by atoms with Crippen LogP contribution in [0, 0.1) is 11.8 Å². The van der Waals surface area contributed by atoms with Gasteiger partial charge in [0.2, 0.25) is 0 Å². The van der Waals surface area contributed by atoms with Gasteiger partial charge in [0, 0.05) is 24.5 Å². The SMILES string of the molecule is CCCNC(C)c1csc(N2CCC(C)C(C)C2)n1. The highest BCUT2D eigenvalue weighted by molar-refractivity contribution is 7.13. The molecule has 3 atom stereocenters. The molecule has 0 spiro atoms. The van der Waals surface area contributed by atoms with Gasteiger partial charge in [-0.3, -0.25) is 0 Å². The summed E-state index contributed by atoms with van der Waals surface area (Å²) in [5, 5.41) is 6.93. The van der Waals surface area contributed by atoms with Gasteiger partial charge >= 0.3 is 0 Å². The van der Waals surface area contributed by atoms with Crippen LogP contribution in [0.15, 0.2) is 5.38 Å². The first-order chi connectivity index (χ1) is 9.11. The molecule has 0 amide bonds. The molecule has 108 valence electrons. The van der Waals surface area contributed by atoms with Crippen molar-refractivity contribution < 1.29 is 0 Å². The van der Waals surface area contributed by atoms with Gasteiger partial charge < -0.3 is 10.2 Å². The summed E-state index contributed by atoms with van der Waals surface area (Å²) in [5.74, 6) is 1.62. The zero-order valence-electron chi connectivity index (χ0n) is 12.6. The molecule has 1 N–H and O–H groups in total. The third-order valence-electron chi connectivity index (χ3n) is 4.26. The molecular formula is C15H27N3S. The summed E-state index contributed by atoms with van der Waals surface area (Å²) in [4.78, 5) is 7.29. The Morgan fingerprint density at radius 1 is 1.47 bits per heavy atom. The van der Waals surface area contributed by atoms with Gasteiger partial charge in [-0.1, -0.05) is 20.8 Å². The molecule has 0 saturated carbocycles. The Balaban J connectivity index is 1.97. The number of nitrogens with zero attached hydrogens (tertiary/aromatic N) is 2. The Labute approximate surface area is 121 Å². The van der Waals surface area contributed by atoms with E-state index in [9.17, 15) is 0 Å². The Hall–Kier alpha value is -0.610. The van der Waals surface area contributed by atoms with Crippen molar-refractivity contribution in [2.24, 2.45) is 11.8 Å². The molecular weight excluding hydrogens is 254 g/mol. The van der Waals surface area contributed by atoms with E-state index in [4.69, 9.17) is 4.98 Å².